The van der Waals surface area contributed by atoms with Crippen LogP contribution in [0, 0.1) is 11.3 Å². The van der Waals surface area contributed by atoms with Crippen molar-refractivity contribution < 1.29 is 9.47 Å². The number of benzene rings is 1. The van der Waals surface area contributed by atoms with E-state index < -0.39 is 0 Å². The molecule has 1 heterocycles. The summed E-state index contributed by atoms with van der Waals surface area (Å²) < 4.78 is 12.5. The third-order valence-corrected chi connectivity index (χ3v) is 3.04. The quantitative estimate of drug-likeness (QED) is 0.827. The zero-order valence-corrected chi connectivity index (χ0v) is 11.4. The van der Waals surface area contributed by atoms with Gasteiger partial charge in [0.05, 0.1) is 31.3 Å². The van der Waals surface area contributed by atoms with E-state index in [0.29, 0.717) is 18.0 Å². The van der Waals surface area contributed by atoms with Gasteiger partial charge >= 0.3 is 0 Å². The summed E-state index contributed by atoms with van der Waals surface area (Å²) >= 11 is 0. The molecule has 19 heavy (non-hydrogen) atoms. The van der Waals surface area contributed by atoms with Crippen molar-refractivity contribution in [2.75, 3.05) is 14.2 Å². The van der Waals surface area contributed by atoms with Crippen LogP contribution in [0.1, 0.15) is 19.2 Å². The van der Waals surface area contributed by atoms with Gasteiger partial charge in [-0.2, -0.15) is 5.26 Å². The average molecular weight is 259 g/mol. The molecule has 2 rings (SSSR count). The fraction of sp³-hybridized carbons (Fsp3) is 0.429. The van der Waals surface area contributed by atoms with Gasteiger partial charge in [-0.25, -0.2) is 4.98 Å². The lowest BCUT2D eigenvalue weighted by Gasteiger charge is -2.08. The molecule has 0 fully saturated rings. The zero-order chi connectivity index (χ0) is 13.8. The van der Waals surface area contributed by atoms with Crippen LogP contribution in [-0.4, -0.2) is 23.8 Å². The van der Waals surface area contributed by atoms with E-state index in [1.807, 2.05) is 16.7 Å². The van der Waals surface area contributed by atoms with Gasteiger partial charge in [0.2, 0.25) is 0 Å². The minimum Gasteiger partial charge on any atom is -0.493 e. The fourth-order valence-corrected chi connectivity index (χ4v) is 2.16. The molecule has 5 nitrogen and oxygen atoms in total. The third kappa shape index (κ3) is 2.34. The lowest BCUT2D eigenvalue weighted by atomic mass is 10.2. The van der Waals surface area contributed by atoms with Gasteiger partial charge in [-0.05, 0) is 6.42 Å². The molecule has 0 amide bonds. The first kappa shape index (κ1) is 13.2. The molecule has 1 aromatic heterocycles. The molecule has 0 aliphatic rings. The third-order valence-electron chi connectivity index (χ3n) is 3.04. The summed E-state index contributed by atoms with van der Waals surface area (Å²) in [7, 11) is 3.20. The number of rotatable bonds is 5. The molecule has 0 saturated carbocycles. The number of imidazole rings is 1. The molecule has 0 spiro atoms. The second-order valence-corrected chi connectivity index (χ2v) is 4.22. The molecular formula is C14H17N3O2. The van der Waals surface area contributed by atoms with E-state index in [4.69, 9.17) is 14.7 Å². The summed E-state index contributed by atoms with van der Waals surface area (Å²) in [6.07, 6.45) is 1.84. The Labute approximate surface area is 112 Å². The van der Waals surface area contributed by atoms with E-state index in [9.17, 15) is 0 Å². The number of methoxy groups -OCH3 is 2. The lowest BCUT2D eigenvalue weighted by molar-refractivity contribution is 0.355. The molecule has 0 aliphatic carbocycles. The van der Waals surface area contributed by atoms with Gasteiger partial charge in [0.1, 0.15) is 12.4 Å². The Morgan fingerprint density at radius 1 is 1.26 bits per heavy atom. The number of aryl methyl sites for hydroxylation is 1. The van der Waals surface area contributed by atoms with Gasteiger partial charge in [-0.1, -0.05) is 6.92 Å². The van der Waals surface area contributed by atoms with Crippen LogP contribution in [-0.2, 0) is 13.0 Å². The highest BCUT2D eigenvalue weighted by molar-refractivity contribution is 5.80. The van der Waals surface area contributed by atoms with Crippen LogP contribution in [0.25, 0.3) is 11.0 Å². The highest BCUT2D eigenvalue weighted by Gasteiger charge is 2.14. The molecule has 0 atom stereocenters. The summed E-state index contributed by atoms with van der Waals surface area (Å²) in [4.78, 5) is 4.58. The number of aromatic nitrogens is 2. The maximum Gasteiger partial charge on any atom is 0.163 e. The Balaban J connectivity index is 2.66. The Morgan fingerprint density at radius 3 is 2.53 bits per heavy atom. The monoisotopic (exact) mass is 259 g/mol. The Hall–Kier alpha value is -2.22. The number of nitrogens with zero attached hydrogens (tertiary/aromatic N) is 3. The Morgan fingerprint density at radius 2 is 1.95 bits per heavy atom. The molecule has 0 N–H and O–H groups in total. The summed E-state index contributed by atoms with van der Waals surface area (Å²) in [6, 6.07) is 5.90. The minimum atomic E-state index is 0.293. The molecule has 2 aromatic rings. The van der Waals surface area contributed by atoms with Crippen LogP contribution in [0.3, 0.4) is 0 Å². The van der Waals surface area contributed by atoms with E-state index in [2.05, 4.69) is 18.0 Å². The topological polar surface area (TPSA) is 60.1 Å². The van der Waals surface area contributed by atoms with Gasteiger partial charge < -0.3 is 14.0 Å². The Kier molecular flexibility index (Phi) is 3.91. The van der Waals surface area contributed by atoms with Crippen molar-refractivity contribution in [3.8, 4) is 17.6 Å². The van der Waals surface area contributed by atoms with Gasteiger partial charge in [0.15, 0.2) is 11.5 Å². The van der Waals surface area contributed by atoms with E-state index in [0.717, 1.165) is 29.7 Å². The molecule has 1 aromatic carbocycles. The average Bonchev–Trinajstić information content (AvgIpc) is 2.75. The van der Waals surface area contributed by atoms with Crippen molar-refractivity contribution in [3.63, 3.8) is 0 Å². The standard InChI is InChI=1S/C14H17N3O2/c1-4-5-14-16-10-8-12(18-2)13(19-3)9-11(10)17(14)7-6-15/h8-9H,4-5,7H2,1-3H3. The molecule has 0 radical (unpaired) electrons. The van der Waals surface area contributed by atoms with Crippen LogP contribution < -0.4 is 9.47 Å². The maximum absolute atomic E-state index is 8.96. The van der Waals surface area contributed by atoms with Crippen molar-refractivity contribution >= 4 is 11.0 Å². The van der Waals surface area contributed by atoms with Gasteiger partial charge in [0, 0.05) is 18.6 Å². The first-order valence-electron chi connectivity index (χ1n) is 6.23. The van der Waals surface area contributed by atoms with Crippen LogP contribution in [0.4, 0.5) is 0 Å². The minimum absolute atomic E-state index is 0.293. The molecule has 5 heteroatoms. The summed E-state index contributed by atoms with van der Waals surface area (Å²) in [5, 5.41) is 8.96. The SMILES string of the molecule is CCCc1nc2cc(OC)c(OC)cc2n1CC#N. The van der Waals surface area contributed by atoms with Gasteiger partial charge in [-0.15, -0.1) is 0 Å². The van der Waals surface area contributed by atoms with E-state index in [1.165, 1.54) is 0 Å². The smallest absolute Gasteiger partial charge is 0.163 e. The zero-order valence-electron chi connectivity index (χ0n) is 11.4. The molecule has 0 aliphatic heterocycles. The Bertz CT molecular complexity index is 626. The van der Waals surface area contributed by atoms with Gasteiger partial charge in [-0.3, -0.25) is 0 Å². The number of hydrogen-bond donors (Lipinski definition) is 0. The van der Waals surface area contributed by atoms with E-state index in [1.54, 1.807) is 14.2 Å². The second kappa shape index (κ2) is 5.61. The van der Waals surface area contributed by atoms with Crippen molar-refractivity contribution in [2.45, 2.75) is 26.3 Å². The van der Waals surface area contributed by atoms with E-state index >= 15 is 0 Å². The number of fused-ring (bicyclic) bond motifs is 1. The number of nitriles is 1. The van der Waals surface area contributed by atoms with Crippen molar-refractivity contribution in [1.29, 1.82) is 5.26 Å². The predicted octanol–water partition coefficient (Wildman–Crippen LogP) is 2.53. The van der Waals surface area contributed by atoms with Gasteiger partial charge in [0.25, 0.3) is 0 Å². The highest BCUT2D eigenvalue weighted by Crippen LogP contribution is 2.32. The summed E-state index contributed by atoms with van der Waals surface area (Å²) in [5.74, 6) is 2.23. The van der Waals surface area contributed by atoms with Crippen LogP contribution in [0.5, 0.6) is 11.5 Å². The normalized spacial score (nSPS) is 10.4. The first-order valence-corrected chi connectivity index (χ1v) is 6.23. The highest BCUT2D eigenvalue weighted by atomic mass is 16.5. The fourth-order valence-electron chi connectivity index (χ4n) is 2.16. The molecule has 0 bridgehead atoms. The van der Waals surface area contributed by atoms with Crippen molar-refractivity contribution in [2.24, 2.45) is 0 Å². The molecular weight excluding hydrogens is 242 g/mol. The van der Waals surface area contributed by atoms with Crippen LogP contribution in [0.2, 0.25) is 0 Å². The molecule has 0 unspecified atom stereocenters. The van der Waals surface area contributed by atoms with Crippen molar-refractivity contribution in [1.82, 2.24) is 9.55 Å². The number of hydrogen-bond acceptors (Lipinski definition) is 4. The summed E-state index contributed by atoms with van der Waals surface area (Å²) in [5.41, 5.74) is 1.74. The maximum atomic E-state index is 8.96. The molecule has 100 valence electrons. The first-order chi connectivity index (χ1) is 9.24. The molecule has 0 saturated heterocycles. The number of ether oxygens (including phenoxy) is 2. The largest absolute Gasteiger partial charge is 0.493 e. The predicted molar refractivity (Wildman–Crippen MR) is 72.4 cm³/mol. The van der Waals surface area contributed by atoms with Crippen molar-refractivity contribution in [3.05, 3.63) is 18.0 Å². The lowest BCUT2D eigenvalue weighted by Crippen LogP contribution is -2.02. The van der Waals surface area contributed by atoms with Crippen LogP contribution >= 0.6 is 0 Å². The summed E-state index contributed by atoms with van der Waals surface area (Å²) in [6.45, 7) is 2.39. The van der Waals surface area contributed by atoms with Crippen LogP contribution in [0.15, 0.2) is 12.1 Å². The second-order valence-electron chi connectivity index (χ2n) is 4.22. The van der Waals surface area contributed by atoms with E-state index in [-0.39, 0.29) is 0 Å².